The molecule has 1 atom stereocenters. The molecule has 0 aromatic heterocycles. The molecule has 1 rings (SSSR count). The zero-order valence-electron chi connectivity index (χ0n) is 12.9. The molecule has 1 aromatic rings. The third-order valence-electron chi connectivity index (χ3n) is 3.61. The number of unbranched alkanes of at least 4 members (excludes halogenated alkanes) is 1. The highest BCUT2D eigenvalue weighted by molar-refractivity contribution is 5.80. The second-order valence-electron chi connectivity index (χ2n) is 5.14. The molecule has 0 heterocycles. The van der Waals surface area contributed by atoms with Crippen molar-refractivity contribution in [1.82, 2.24) is 5.32 Å². The lowest BCUT2D eigenvalue weighted by Gasteiger charge is -2.25. The Morgan fingerprint density at radius 3 is 2.60 bits per heavy atom. The van der Waals surface area contributed by atoms with Gasteiger partial charge in [0.05, 0.1) is 13.7 Å². The van der Waals surface area contributed by atoms with E-state index in [0.717, 1.165) is 30.6 Å². The quantitative estimate of drug-likeness (QED) is 0.587. The monoisotopic (exact) mass is 279 g/mol. The maximum absolute atomic E-state index is 11.7. The van der Waals surface area contributed by atoms with Crippen LogP contribution in [0.15, 0.2) is 24.3 Å². The first-order valence-corrected chi connectivity index (χ1v) is 6.99. The van der Waals surface area contributed by atoms with E-state index in [2.05, 4.69) is 5.32 Å². The Kier molecular flexibility index (Phi) is 6.52. The summed E-state index contributed by atoms with van der Waals surface area (Å²) in [6.45, 7) is 4.55. The predicted molar refractivity (Wildman–Crippen MR) is 80.0 cm³/mol. The van der Waals surface area contributed by atoms with Crippen molar-refractivity contribution in [2.24, 2.45) is 0 Å². The smallest absolute Gasteiger partial charge is 0.325 e. The van der Waals surface area contributed by atoms with Gasteiger partial charge in [-0.2, -0.15) is 0 Å². The van der Waals surface area contributed by atoms with Crippen molar-refractivity contribution in [3.8, 4) is 5.75 Å². The van der Waals surface area contributed by atoms with Crippen LogP contribution < -0.4 is 10.1 Å². The van der Waals surface area contributed by atoms with Crippen LogP contribution in [0.5, 0.6) is 5.75 Å². The predicted octanol–water partition coefficient (Wildman–Crippen LogP) is 2.70. The van der Waals surface area contributed by atoms with Crippen LogP contribution in [0.1, 0.15) is 31.7 Å². The van der Waals surface area contributed by atoms with Crippen LogP contribution in [0.4, 0.5) is 0 Å². The summed E-state index contributed by atoms with van der Waals surface area (Å²) in [6.07, 6.45) is 2.54. The molecule has 112 valence electrons. The number of hydrogen-bond acceptors (Lipinski definition) is 4. The van der Waals surface area contributed by atoms with Crippen molar-refractivity contribution in [2.75, 3.05) is 20.8 Å². The summed E-state index contributed by atoms with van der Waals surface area (Å²) in [5.74, 6) is 0.705. The fourth-order valence-electron chi connectivity index (χ4n) is 2.04. The number of aryl methyl sites for hydroxylation is 1. The van der Waals surface area contributed by atoms with E-state index in [0.29, 0.717) is 6.61 Å². The number of ether oxygens (including phenoxy) is 2. The van der Waals surface area contributed by atoms with Crippen molar-refractivity contribution in [1.29, 1.82) is 0 Å². The van der Waals surface area contributed by atoms with Crippen molar-refractivity contribution >= 4 is 5.97 Å². The molecule has 0 saturated heterocycles. The van der Waals surface area contributed by atoms with Gasteiger partial charge in [-0.3, -0.25) is 4.79 Å². The molecule has 0 aliphatic carbocycles. The molecule has 0 aliphatic rings. The first-order valence-electron chi connectivity index (χ1n) is 6.99. The van der Waals surface area contributed by atoms with Gasteiger partial charge in [-0.1, -0.05) is 18.2 Å². The summed E-state index contributed by atoms with van der Waals surface area (Å²) in [5, 5.41) is 3.03. The van der Waals surface area contributed by atoms with Crippen LogP contribution in [0.2, 0.25) is 0 Å². The molecule has 0 fully saturated rings. The van der Waals surface area contributed by atoms with Crippen molar-refractivity contribution in [2.45, 2.75) is 38.6 Å². The lowest BCUT2D eigenvalue weighted by Crippen LogP contribution is -2.48. The minimum absolute atomic E-state index is 0.222. The number of benzene rings is 1. The maximum Gasteiger partial charge on any atom is 0.325 e. The van der Waals surface area contributed by atoms with E-state index in [4.69, 9.17) is 9.47 Å². The first-order chi connectivity index (χ1) is 9.53. The lowest BCUT2D eigenvalue weighted by molar-refractivity contribution is -0.148. The van der Waals surface area contributed by atoms with Crippen LogP contribution in [-0.4, -0.2) is 32.3 Å². The average Bonchev–Trinajstić information content (AvgIpc) is 2.47. The van der Waals surface area contributed by atoms with Gasteiger partial charge in [0.2, 0.25) is 0 Å². The van der Waals surface area contributed by atoms with Gasteiger partial charge in [-0.05, 0) is 51.8 Å². The molecule has 20 heavy (non-hydrogen) atoms. The zero-order chi connectivity index (χ0) is 15.0. The number of hydrogen-bond donors (Lipinski definition) is 1. The lowest BCUT2D eigenvalue weighted by atomic mass is 9.95. The number of nitrogens with one attached hydrogen (secondary N) is 1. The Morgan fingerprint density at radius 2 is 2.00 bits per heavy atom. The highest BCUT2D eigenvalue weighted by Gasteiger charge is 2.31. The van der Waals surface area contributed by atoms with Gasteiger partial charge in [0.15, 0.2) is 0 Å². The van der Waals surface area contributed by atoms with Crippen molar-refractivity contribution in [3.63, 3.8) is 0 Å². The number of likely N-dealkylation sites (N-methyl/N-ethyl adjacent to an activating group) is 1. The second-order valence-corrected chi connectivity index (χ2v) is 5.14. The van der Waals surface area contributed by atoms with Gasteiger partial charge in [0.25, 0.3) is 0 Å². The topological polar surface area (TPSA) is 47.6 Å². The van der Waals surface area contributed by atoms with Crippen LogP contribution in [-0.2, 0) is 9.53 Å². The minimum atomic E-state index is -0.614. The largest absolute Gasteiger partial charge is 0.493 e. The Labute approximate surface area is 121 Å². The van der Waals surface area contributed by atoms with Gasteiger partial charge in [0, 0.05) is 0 Å². The molecule has 1 aromatic carbocycles. The summed E-state index contributed by atoms with van der Waals surface area (Å²) in [5.41, 5.74) is 0.527. The van der Waals surface area contributed by atoms with Gasteiger partial charge >= 0.3 is 5.97 Å². The fourth-order valence-corrected chi connectivity index (χ4v) is 2.04. The number of methoxy groups -OCH3 is 1. The van der Waals surface area contributed by atoms with Gasteiger partial charge in [-0.25, -0.2) is 0 Å². The number of carbonyl (C=O) groups excluding carboxylic acids is 1. The van der Waals surface area contributed by atoms with Crippen LogP contribution in [0, 0.1) is 6.92 Å². The summed E-state index contributed by atoms with van der Waals surface area (Å²) >= 11 is 0. The number of para-hydroxylation sites is 1. The van der Waals surface area contributed by atoms with Gasteiger partial charge < -0.3 is 14.8 Å². The molecular weight excluding hydrogens is 254 g/mol. The number of rotatable bonds is 8. The third-order valence-corrected chi connectivity index (χ3v) is 3.61. The van der Waals surface area contributed by atoms with E-state index in [1.807, 2.05) is 38.1 Å². The third kappa shape index (κ3) is 4.53. The zero-order valence-corrected chi connectivity index (χ0v) is 12.9. The molecule has 4 heteroatoms. The first kappa shape index (κ1) is 16.5. The number of carbonyl (C=O) groups is 1. The molecule has 0 bridgehead atoms. The standard InChI is InChI=1S/C16H25NO3/c1-13-9-5-6-10-14(13)20-12-8-7-11-16(2,17-3)15(18)19-4/h5-6,9-10,17H,7-8,11-12H2,1-4H3. The van der Waals surface area contributed by atoms with Crippen molar-refractivity contribution in [3.05, 3.63) is 29.8 Å². The molecule has 0 radical (unpaired) electrons. The molecule has 0 spiro atoms. The van der Waals surface area contributed by atoms with Crippen LogP contribution in [0.25, 0.3) is 0 Å². The van der Waals surface area contributed by atoms with Gasteiger partial charge in [-0.15, -0.1) is 0 Å². The number of esters is 1. The minimum Gasteiger partial charge on any atom is -0.493 e. The Balaban J connectivity index is 2.31. The van der Waals surface area contributed by atoms with E-state index in [9.17, 15) is 4.79 Å². The van der Waals surface area contributed by atoms with Crippen molar-refractivity contribution < 1.29 is 14.3 Å². The van der Waals surface area contributed by atoms with Gasteiger partial charge in [0.1, 0.15) is 11.3 Å². The molecule has 0 saturated carbocycles. The fraction of sp³-hybridized carbons (Fsp3) is 0.562. The van der Waals surface area contributed by atoms with E-state index in [-0.39, 0.29) is 5.97 Å². The van der Waals surface area contributed by atoms with E-state index < -0.39 is 5.54 Å². The normalized spacial score (nSPS) is 13.6. The maximum atomic E-state index is 11.7. The average molecular weight is 279 g/mol. The highest BCUT2D eigenvalue weighted by atomic mass is 16.5. The van der Waals surface area contributed by atoms with Crippen LogP contribution in [0.3, 0.4) is 0 Å². The SMILES string of the molecule is CNC(C)(CCCCOc1ccccc1C)C(=O)OC. The molecule has 0 amide bonds. The molecule has 1 N–H and O–H groups in total. The summed E-state index contributed by atoms with van der Waals surface area (Å²) in [4.78, 5) is 11.7. The Hall–Kier alpha value is -1.55. The molecule has 1 unspecified atom stereocenters. The van der Waals surface area contributed by atoms with E-state index >= 15 is 0 Å². The molecule has 4 nitrogen and oxygen atoms in total. The summed E-state index contributed by atoms with van der Waals surface area (Å²) < 4.78 is 10.6. The molecular formula is C16H25NO3. The summed E-state index contributed by atoms with van der Waals surface area (Å²) in [6, 6.07) is 7.97. The highest BCUT2D eigenvalue weighted by Crippen LogP contribution is 2.18. The Bertz CT molecular complexity index is 433. The Morgan fingerprint density at radius 1 is 1.30 bits per heavy atom. The second kappa shape index (κ2) is 7.90. The summed E-state index contributed by atoms with van der Waals surface area (Å²) in [7, 11) is 3.19. The van der Waals surface area contributed by atoms with E-state index in [1.165, 1.54) is 7.11 Å². The van der Waals surface area contributed by atoms with Crippen LogP contribution >= 0.6 is 0 Å². The van der Waals surface area contributed by atoms with E-state index in [1.54, 1.807) is 7.05 Å². The molecule has 0 aliphatic heterocycles.